The molecule has 31 heavy (non-hydrogen) atoms. The van der Waals surface area contributed by atoms with Crippen molar-refractivity contribution in [3.8, 4) is 0 Å². The highest BCUT2D eigenvalue weighted by molar-refractivity contribution is 6.42. The van der Waals surface area contributed by atoms with E-state index in [4.69, 9.17) is 34.8 Å². The molecule has 0 unspecified atom stereocenters. The second-order valence-electron chi connectivity index (χ2n) is 6.73. The van der Waals surface area contributed by atoms with Crippen molar-refractivity contribution in [2.75, 3.05) is 16.0 Å². The third-order valence-corrected chi connectivity index (χ3v) is 5.55. The number of H-pyrrole nitrogens is 1. The Morgan fingerprint density at radius 3 is 2.42 bits per heavy atom. The molecule has 1 atom stereocenters. The molecule has 158 valence electrons. The zero-order valence-corrected chi connectivity index (χ0v) is 17.9. The van der Waals surface area contributed by atoms with Crippen LogP contribution in [0.4, 0.5) is 23.1 Å². The molecule has 11 heteroatoms. The summed E-state index contributed by atoms with van der Waals surface area (Å²) in [6.45, 7) is 0. The number of carbonyl (C=O) groups is 2. The fourth-order valence-electron chi connectivity index (χ4n) is 3.13. The Bertz CT molecular complexity index is 1240. The minimum atomic E-state index is -1.03. The molecule has 0 saturated carbocycles. The van der Waals surface area contributed by atoms with Crippen molar-refractivity contribution < 1.29 is 9.59 Å². The van der Waals surface area contributed by atoms with Gasteiger partial charge in [0, 0.05) is 22.8 Å². The standard InChI is InChI=1S/C20H14Cl3N5O3/c21-9-1-3-10(4-2-9)25-20-27-17-16(19(31)28-20)12(8-15(29)26-17)18(30)24-11-5-6-13(22)14(23)7-11/h1-7,12H,8H2,(H,24,30)(H3,25,26,27,28,29,31)/t12-/m0/s1. The van der Waals surface area contributed by atoms with E-state index in [1.165, 1.54) is 12.1 Å². The van der Waals surface area contributed by atoms with Gasteiger partial charge in [-0.3, -0.25) is 19.4 Å². The second kappa shape index (κ2) is 8.58. The van der Waals surface area contributed by atoms with Crippen molar-refractivity contribution in [2.24, 2.45) is 0 Å². The number of nitrogens with one attached hydrogen (secondary N) is 4. The van der Waals surface area contributed by atoms with Crippen LogP contribution in [-0.2, 0) is 9.59 Å². The number of aromatic amines is 1. The molecule has 0 spiro atoms. The average Bonchev–Trinajstić information content (AvgIpc) is 2.71. The van der Waals surface area contributed by atoms with E-state index >= 15 is 0 Å². The van der Waals surface area contributed by atoms with Crippen LogP contribution in [0.2, 0.25) is 15.1 Å². The van der Waals surface area contributed by atoms with Gasteiger partial charge in [-0.1, -0.05) is 34.8 Å². The van der Waals surface area contributed by atoms with Crippen LogP contribution in [0.3, 0.4) is 0 Å². The van der Waals surface area contributed by atoms with E-state index in [9.17, 15) is 14.4 Å². The Morgan fingerprint density at radius 2 is 1.71 bits per heavy atom. The first-order valence-corrected chi connectivity index (χ1v) is 10.2. The van der Waals surface area contributed by atoms with E-state index in [0.717, 1.165) is 0 Å². The highest BCUT2D eigenvalue weighted by Gasteiger charge is 2.34. The topological polar surface area (TPSA) is 116 Å². The molecule has 2 aromatic carbocycles. The van der Waals surface area contributed by atoms with Crippen LogP contribution in [0.15, 0.2) is 47.3 Å². The molecule has 0 saturated heterocycles. The Hall–Kier alpha value is -3.07. The van der Waals surface area contributed by atoms with Crippen LogP contribution in [-0.4, -0.2) is 21.8 Å². The number of benzene rings is 2. The molecule has 8 nitrogen and oxygen atoms in total. The zero-order valence-electron chi connectivity index (χ0n) is 15.6. The summed E-state index contributed by atoms with van der Waals surface area (Å²) in [5.74, 6) is -1.88. The zero-order chi connectivity index (χ0) is 22.1. The molecule has 4 N–H and O–H groups in total. The first-order valence-electron chi connectivity index (χ1n) is 9.03. The molecule has 0 bridgehead atoms. The van der Waals surface area contributed by atoms with Crippen LogP contribution in [0, 0.1) is 0 Å². The Balaban J connectivity index is 1.63. The van der Waals surface area contributed by atoms with E-state index in [1.807, 2.05) is 0 Å². The molecule has 2 heterocycles. The summed E-state index contributed by atoms with van der Waals surface area (Å²) in [6.07, 6.45) is -0.200. The van der Waals surface area contributed by atoms with Crippen LogP contribution < -0.4 is 21.5 Å². The summed E-state index contributed by atoms with van der Waals surface area (Å²) in [7, 11) is 0. The van der Waals surface area contributed by atoms with Gasteiger partial charge in [0.25, 0.3) is 5.56 Å². The molecule has 1 aliphatic rings. The van der Waals surface area contributed by atoms with Crippen LogP contribution in [0.5, 0.6) is 0 Å². The maximum Gasteiger partial charge on any atom is 0.258 e. The highest BCUT2D eigenvalue weighted by Crippen LogP contribution is 2.31. The van der Waals surface area contributed by atoms with Gasteiger partial charge in [-0.25, -0.2) is 0 Å². The average molecular weight is 479 g/mol. The van der Waals surface area contributed by atoms with Gasteiger partial charge < -0.3 is 16.0 Å². The van der Waals surface area contributed by atoms with E-state index in [2.05, 4.69) is 25.9 Å². The third kappa shape index (κ3) is 4.66. The molecule has 1 aliphatic heterocycles. The van der Waals surface area contributed by atoms with E-state index in [-0.39, 0.29) is 28.8 Å². The smallest absolute Gasteiger partial charge is 0.258 e. The number of hydrogen-bond donors (Lipinski definition) is 4. The van der Waals surface area contributed by atoms with E-state index in [0.29, 0.717) is 21.4 Å². The highest BCUT2D eigenvalue weighted by atomic mass is 35.5. The fourth-order valence-corrected chi connectivity index (χ4v) is 3.55. The van der Waals surface area contributed by atoms with Gasteiger partial charge in [-0.15, -0.1) is 0 Å². The van der Waals surface area contributed by atoms with Gasteiger partial charge in [-0.05, 0) is 42.5 Å². The number of hydrogen-bond acceptors (Lipinski definition) is 5. The summed E-state index contributed by atoms with van der Waals surface area (Å²) in [6, 6.07) is 11.3. The predicted octanol–water partition coefficient (Wildman–Crippen LogP) is 4.54. The van der Waals surface area contributed by atoms with Crippen molar-refractivity contribution in [1.82, 2.24) is 9.97 Å². The molecular weight excluding hydrogens is 465 g/mol. The van der Waals surface area contributed by atoms with E-state index < -0.39 is 23.3 Å². The number of carbonyl (C=O) groups excluding carboxylic acids is 2. The van der Waals surface area contributed by atoms with Gasteiger partial charge >= 0.3 is 0 Å². The number of fused-ring (bicyclic) bond motifs is 1. The molecule has 0 radical (unpaired) electrons. The first kappa shape index (κ1) is 21.2. The van der Waals surface area contributed by atoms with Crippen molar-refractivity contribution in [3.05, 3.63) is 73.4 Å². The van der Waals surface area contributed by atoms with Gasteiger partial charge in [0.15, 0.2) is 0 Å². The lowest BCUT2D eigenvalue weighted by Gasteiger charge is -2.23. The van der Waals surface area contributed by atoms with Gasteiger partial charge in [-0.2, -0.15) is 4.98 Å². The molecule has 0 aliphatic carbocycles. The van der Waals surface area contributed by atoms with Gasteiger partial charge in [0.2, 0.25) is 17.8 Å². The van der Waals surface area contributed by atoms with Crippen molar-refractivity contribution in [3.63, 3.8) is 0 Å². The number of amides is 2. The lowest BCUT2D eigenvalue weighted by atomic mass is 9.92. The second-order valence-corrected chi connectivity index (χ2v) is 7.98. The maximum absolute atomic E-state index is 12.9. The number of aromatic nitrogens is 2. The summed E-state index contributed by atoms with van der Waals surface area (Å²) in [4.78, 5) is 44.7. The van der Waals surface area contributed by atoms with E-state index in [1.54, 1.807) is 30.3 Å². The Labute approximate surface area is 190 Å². The lowest BCUT2D eigenvalue weighted by molar-refractivity contribution is -0.123. The van der Waals surface area contributed by atoms with Crippen LogP contribution in [0.1, 0.15) is 17.9 Å². The van der Waals surface area contributed by atoms with Crippen molar-refractivity contribution in [2.45, 2.75) is 12.3 Å². The monoisotopic (exact) mass is 477 g/mol. The lowest BCUT2D eigenvalue weighted by Crippen LogP contribution is -2.36. The summed E-state index contributed by atoms with van der Waals surface area (Å²) in [5.41, 5.74) is 0.537. The number of nitrogens with zero attached hydrogens (tertiary/aromatic N) is 1. The molecule has 3 aromatic rings. The molecule has 1 aromatic heterocycles. The largest absolute Gasteiger partial charge is 0.326 e. The van der Waals surface area contributed by atoms with Crippen LogP contribution in [0.25, 0.3) is 0 Å². The Kier molecular flexibility index (Phi) is 5.86. The quantitative estimate of drug-likeness (QED) is 0.439. The van der Waals surface area contributed by atoms with Crippen molar-refractivity contribution in [1.29, 1.82) is 0 Å². The predicted molar refractivity (Wildman–Crippen MR) is 121 cm³/mol. The number of halogens is 3. The minimum absolute atomic E-state index is 0.0192. The summed E-state index contributed by atoms with van der Waals surface area (Å²) >= 11 is 17.7. The minimum Gasteiger partial charge on any atom is -0.326 e. The summed E-state index contributed by atoms with van der Waals surface area (Å²) in [5, 5.41) is 9.29. The van der Waals surface area contributed by atoms with Gasteiger partial charge in [0.1, 0.15) is 5.82 Å². The molecule has 2 amide bonds. The normalized spacial score (nSPS) is 15.1. The maximum atomic E-state index is 12.9. The van der Waals surface area contributed by atoms with Crippen molar-refractivity contribution >= 4 is 69.8 Å². The molecule has 0 fully saturated rings. The number of rotatable bonds is 4. The SMILES string of the molecule is O=C1C[C@H](C(=O)Nc2ccc(Cl)c(Cl)c2)c2c(nc(Nc3ccc(Cl)cc3)[nH]c2=O)N1. The van der Waals surface area contributed by atoms with Gasteiger partial charge in [0.05, 0.1) is 21.5 Å². The van der Waals surface area contributed by atoms with Crippen LogP contribution >= 0.6 is 34.8 Å². The summed E-state index contributed by atoms with van der Waals surface area (Å²) < 4.78 is 0. The third-order valence-electron chi connectivity index (χ3n) is 4.56. The molecule has 4 rings (SSSR count). The molecular formula is C20H14Cl3N5O3. The fraction of sp³-hybridized carbons (Fsp3) is 0.100. The number of anilines is 4. The Morgan fingerprint density at radius 1 is 1.00 bits per heavy atom. The first-order chi connectivity index (χ1) is 14.8.